The van der Waals surface area contributed by atoms with Gasteiger partial charge in [0, 0.05) is 26.4 Å². The van der Waals surface area contributed by atoms with Gasteiger partial charge in [-0.05, 0) is 52.0 Å². The molecule has 1 heterocycles. The maximum atomic E-state index is 5.63. The predicted molar refractivity (Wildman–Crippen MR) is 66.8 cm³/mol. The third kappa shape index (κ3) is 6.46. The van der Waals surface area contributed by atoms with Crippen molar-refractivity contribution < 1.29 is 9.47 Å². The number of rotatable bonds is 9. The van der Waals surface area contributed by atoms with Crippen molar-refractivity contribution in [2.75, 3.05) is 26.9 Å². The standard InChI is InChI=1S/C13H27NO2/c1-12(11-13-7-6-10-16-13)14-8-4-3-5-9-15-2/h12-14H,3-11H2,1-2H3. The van der Waals surface area contributed by atoms with Crippen LogP contribution >= 0.6 is 0 Å². The number of nitrogens with one attached hydrogen (secondary N) is 1. The number of hydrogen-bond donors (Lipinski definition) is 1. The molecule has 3 nitrogen and oxygen atoms in total. The summed E-state index contributed by atoms with van der Waals surface area (Å²) >= 11 is 0. The summed E-state index contributed by atoms with van der Waals surface area (Å²) in [4.78, 5) is 0. The molecular weight excluding hydrogens is 202 g/mol. The highest BCUT2D eigenvalue weighted by molar-refractivity contribution is 4.71. The third-order valence-corrected chi connectivity index (χ3v) is 3.16. The molecule has 0 saturated carbocycles. The zero-order valence-electron chi connectivity index (χ0n) is 10.8. The number of ether oxygens (including phenoxy) is 2. The minimum Gasteiger partial charge on any atom is -0.385 e. The van der Waals surface area contributed by atoms with E-state index in [1.807, 2.05) is 0 Å². The van der Waals surface area contributed by atoms with Crippen LogP contribution in [0.2, 0.25) is 0 Å². The third-order valence-electron chi connectivity index (χ3n) is 3.16. The van der Waals surface area contributed by atoms with E-state index >= 15 is 0 Å². The molecule has 0 aliphatic carbocycles. The van der Waals surface area contributed by atoms with Crippen molar-refractivity contribution in [3.8, 4) is 0 Å². The monoisotopic (exact) mass is 229 g/mol. The molecule has 0 amide bonds. The van der Waals surface area contributed by atoms with Crippen molar-refractivity contribution in [1.82, 2.24) is 5.32 Å². The molecule has 1 saturated heterocycles. The first kappa shape index (κ1) is 13.9. The van der Waals surface area contributed by atoms with E-state index in [1.54, 1.807) is 7.11 Å². The molecule has 16 heavy (non-hydrogen) atoms. The van der Waals surface area contributed by atoms with Gasteiger partial charge in [-0.15, -0.1) is 0 Å². The second-order valence-electron chi connectivity index (χ2n) is 4.78. The molecule has 1 rings (SSSR count). The first-order valence-corrected chi connectivity index (χ1v) is 6.67. The fraction of sp³-hybridized carbons (Fsp3) is 1.00. The Morgan fingerprint density at radius 2 is 2.25 bits per heavy atom. The van der Waals surface area contributed by atoms with E-state index in [0.29, 0.717) is 12.1 Å². The van der Waals surface area contributed by atoms with Crippen LogP contribution < -0.4 is 5.32 Å². The van der Waals surface area contributed by atoms with Crippen LogP contribution in [0, 0.1) is 0 Å². The average molecular weight is 229 g/mol. The maximum Gasteiger partial charge on any atom is 0.0590 e. The molecular formula is C13H27NO2. The van der Waals surface area contributed by atoms with Crippen LogP contribution in [0.25, 0.3) is 0 Å². The number of unbranched alkanes of at least 4 members (excludes halogenated alkanes) is 2. The maximum absolute atomic E-state index is 5.63. The van der Waals surface area contributed by atoms with Crippen LogP contribution in [-0.4, -0.2) is 39.0 Å². The molecule has 1 N–H and O–H groups in total. The highest BCUT2D eigenvalue weighted by Gasteiger charge is 2.17. The first-order chi connectivity index (χ1) is 7.83. The SMILES string of the molecule is COCCCCCNC(C)CC1CCCO1. The Hall–Kier alpha value is -0.120. The molecule has 2 atom stereocenters. The second kappa shape index (κ2) is 8.97. The van der Waals surface area contributed by atoms with E-state index in [4.69, 9.17) is 9.47 Å². The van der Waals surface area contributed by atoms with Crippen LogP contribution in [0.5, 0.6) is 0 Å². The Morgan fingerprint density at radius 1 is 1.38 bits per heavy atom. The van der Waals surface area contributed by atoms with Crippen LogP contribution in [0.1, 0.15) is 45.4 Å². The zero-order valence-corrected chi connectivity index (χ0v) is 10.8. The lowest BCUT2D eigenvalue weighted by atomic mass is 10.1. The Kier molecular flexibility index (Phi) is 7.81. The van der Waals surface area contributed by atoms with Crippen molar-refractivity contribution in [3.05, 3.63) is 0 Å². The summed E-state index contributed by atoms with van der Waals surface area (Å²) in [6.07, 6.45) is 7.85. The predicted octanol–water partition coefficient (Wildman–Crippen LogP) is 2.35. The van der Waals surface area contributed by atoms with Crippen molar-refractivity contribution in [3.63, 3.8) is 0 Å². The van der Waals surface area contributed by atoms with Gasteiger partial charge in [0.15, 0.2) is 0 Å². The van der Waals surface area contributed by atoms with Gasteiger partial charge in [-0.25, -0.2) is 0 Å². The molecule has 96 valence electrons. The summed E-state index contributed by atoms with van der Waals surface area (Å²) in [5, 5.41) is 3.57. The van der Waals surface area contributed by atoms with Gasteiger partial charge < -0.3 is 14.8 Å². The Morgan fingerprint density at radius 3 is 2.94 bits per heavy atom. The van der Waals surface area contributed by atoms with Gasteiger partial charge in [0.25, 0.3) is 0 Å². The molecule has 0 aromatic heterocycles. The minimum absolute atomic E-state index is 0.510. The van der Waals surface area contributed by atoms with Crippen molar-refractivity contribution in [1.29, 1.82) is 0 Å². The summed E-state index contributed by atoms with van der Waals surface area (Å²) < 4.78 is 10.6. The fourth-order valence-corrected chi connectivity index (χ4v) is 2.20. The lowest BCUT2D eigenvalue weighted by Crippen LogP contribution is -2.30. The summed E-state index contributed by atoms with van der Waals surface area (Å²) in [7, 11) is 1.77. The smallest absolute Gasteiger partial charge is 0.0590 e. The Balaban J connectivity index is 1.87. The Labute approximate surface area is 99.9 Å². The molecule has 0 spiro atoms. The lowest BCUT2D eigenvalue weighted by molar-refractivity contribution is 0.0963. The van der Waals surface area contributed by atoms with Crippen molar-refractivity contribution >= 4 is 0 Å². The summed E-state index contributed by atoms with van der Waals surface area (Å²) in [6.45, 7) is 5.24. The first-order valence-electron chi connectivity index (χ1n) is 6.67. The van der Waals surface area contributed by atoms with Gasteiger partial charge >= 0.3 is 0 Å². The van der Waals surface area contributed by atoms with Crippen molar-refractivity contribution in [2.45, 2.75) is 57.6 Å². The van der Waals surface area contributed by atoms with E-state index in [1.165, 1.54) is 32.1 Å². The van der Waals surface area contributed by atoms with E-state index in [2.05, 4.69) is 12.2 Å². The van der Waals surface area contributed by atoms with Gasteiger partial charge in [0.05, 0.1) is 6.10 Å². The Bertz CT molecular complexity index is 158. The molecule has 1 fully saturated rings. The van der Waals surface area contributed by atoms with Crippen LogP contribution in [0.4, 0.5) is 0 Å². The molecule has 2 unspecified atom stereocenters. The molecule has 3 heteroatoms. The minimum atomic E-state index is 0.510. The number of methoxy groups -OCH3 is 1. The van der Waals surface area contributed by atoms with Gasteiger partial charge in [-0.3, -0.25) is 0 Å². The van der Waals surface area contributed by atoms with E-state index in [0.717, 1.165) is 26.2 Å². The molecule has 0 radical (unpaired) electrons. The van der Waals surface area contributed by atoms with E-state index < -0.39 is 0 Å². The average Bonchev–Trinajstić information content (AvgIpc) is 2.76. The zero-order chi connectivity index (χ0) is 11.6. The van der Waals surface area contributed by atoms with E-state index in [-0.39, 0.29) is 0 Å². The van der Waals surface area contributed by atoms with Crippen LogP contribution in [0.15, 0.2) is 0 Å². The van der Waals surface area contributed by atoms with Gasteiger partial charge in [-0.1, -0.05) is 0 Å². The quantitative estimate of drug-likeness (QED) is 0.616. The van der Waals surface area contributed by atoms with Crippen molar-refractivity contribution in [2.24, 2.45) is 0 Å². The molecule has 1 aliphatic heterocycles. The lowest BCUT2D eigenvalue weighted by Gasteiger charge is -2.17. The van der Waals surface area contributed by atoms with Crippen LogP contribution in [-0.2, 0) is 9.47 Å². The summed E-state index contributed by atoms with van der Waals surface area (Å²) in [6, 6.07) is 0.588. The van der Waals surface area contributed by atoms with Gasteiger partial charge in [0.2, 0.25) is 0 Å². The van der Waals surface area contributed by atoms with Crippen LogP contribution in [0.3, 0.4) is 0 Å². The molecule has 1 aliphatic rings. The molecule has 0 aromatic rings. The number of hydrogen-bond acceptors (Lipinski definition) is 3. The largest absolute Gasteiger partial charge is 0.385 e. The van der Waals surface area contributed by atoms with Gasteiger partial charge in [0.1, 0.15) is 0 Å². The second-order valence-corrected chi connectivity index (χ2v) is 4.78. The normalized spacial score (nSPS) is 22.5. The molecule has 0 bridgehead atoms. The van der Waals surface area contributed by atoms with Gasteiger partial charge in [-0.2, -0.15) is 0 Å². The fourth-order valence-electron chi connectivity index (χ4n) is 2.20. The summed E-state index contributed by atoms with van der Waals surface area (Å²) in [5.74, 6) is 0. The molecule has 0 aromatic carbocycles. The highest BCUT2D eigenvalue weighted by Crippen LogP contribution is 2.16. The highest BCUT2D eigenvalue weighted by atomic mass is 16.5. The van der Waals surface area contributed by atoms with E-state index in [9.17, 15) is 0 Å². The summed E-state index contributed by atoms with van der Waals surface area (Å²) in [5.41, 5.74) is 0. The topological polar surface area (TPSA) is 30.5 Å².